The van der Waals surface area contributed by atoms with Gasteiger partial charge >= 0.3 is 0 Å². The molecule has 2 rings (SSSR count). The maximum Gasteiger partial charge on any atom is 0.226 e. The molecular formula is C22H28N2O3S. The van der Waals surface area contributed by atoms with Gasteiger partial charge in [0.15, 0.2) is 5.11 Å². The highest BCUT2D eigenvalue weighted by molar-refractivity contribution is 7.80. The molecule has 5 nitrogen and oxygen atoms in total. The molecule has 0 aliphatic heterocycles. The van der Waals surface area contributed by atoms with Crippen molar-refractivity contribution in [2.24, 2.45) is 0 Å². The van der Waals surface area contributed by atoms with Crippen molar-refractivity contribution >= 4 is 28.9 Å². The second kappa shape index (κ2) is 12.7. The van der Waals surface area contributed by atoms with Gasteiger partial charge in [-0.25, -0.2) is 0 Å². The van der Waals surface area contributed by atoms with Crippen molar-refractivity contribution in [2.45, 2.75) is 39.0 Å². The SMILES string of the molecule is CCCCCCC(=O)NC(=S)Nc1ccccc1OCCOc1ccccc1. The molecule has 2 aromatic rings. The van der Waals surface area contributed by atoms with Crippen molar-refractivity contribution in [3.05, 3.63) is 54.6 Å². The molecule has 0 saturated heterocycles. The number of para-hydroxylation sites is 3. The molecule has 0 heterocycles. The smallest absolute Gasteiger partial charge is 0.226 e. The van der Waals surface area contributed by atoms with E-state index in [0.29, 0.717) is 31.1 Å². The number of amides is 1. The van der Waals surface area contributed by atoms with Gasteiger partial charge in [0, 0.05) is 6.42 Å². The van der Waals surface area contributed by atoms with Crippen LogP contribution in [-0.4, -0.2) is 24.2 Å². The topological polar surface area (TPSA) is 59.6 Å². The van der Waals surface area contributed by atoms with E-state index < -0.39 is 0 Å². The molecule has 1 amide bonds. The predicted octanol–water partition coefficient (Wildman–Crippen LogP) is 4.93. The zero-order valence-electron chi connectivity index (χ0n) is 16.3. The minimum Gasteiger partial charge on any atom is -0.490 e. The van der Waals surface area contributed by atoms with Crippen LogP contribution < -0.4 is 20.1 Å². The number of rotatable bonds is 11. The Kier molecular flexibility index (Phi) is 9.86. The average molecular weight is 401 g/mol. The van der Waals surface area contributed by atoms with Crippen LogP contribution in [0.2, 0.25) is 0 Å². The van der Waals surface area contributed by atoms with E-state index in [0.717, 1.165) is 31.4 Å². The number of benzene rings is 2. The summed E-state index contributed by atoms with van der Waals surface area (Å²) in [7, 11) is 0. The Balaban J connectivity index is 1.75. The highest BCUT2D eigenvalue weighted by Crippen LogP contribution is 2.23. The second-order valence-corrected chi connectivity index (χ2v) is 6.73. The lowest BCUT2D eigenvalue weighted by Gasteiger charge is -2.14. The normalized spacial score (nSPS) is 10.2. The molecular weight excluding hydrogens is 372 g/mol. The Morgan fingerprint density at radius 1 is 0.929 bits per heavy atom. The molecule has 150 valence electrons. The van der Waals surface area contributed by atoms with E-state index in [9.17, 15) is 4.79 Å². The van der Waals surface area contributed by atoms with Gasteiger partial charge in [-0.1, -0.05) is 56.5 Å². The van der Waals surface area contributed by atoms with Crippen LogP contribution in [0, 0.1) is 0 Å². The summed E-state index contributed by atoms with van der Waals surface area (Å²) < 4.78 is 11.4. The third kappa shape index (κ3) is 8.39. The Labute approximate surface area is 172 Å². The Hall–Kier alpha value is -2.60. The summed E-state index contributed by atoms with van der Waals surface area (Å²) in [6.45, 7) is 2.97. The quantitative estimate of drug-likeness (QED) is 0.414. The van der Waals surface area contributed by atoms with Gasteiger partial charge < -0.3 is 20.1 Å². The summed E-state index contributed by atoms with van der Waals surface area (Å²) in [5, 5.41) is 6.03. The first-order valence-corrected chi connectivity index (χ1v) is 10.1. The summed E-state index contributed by atoms with van der Waals surface area (Å²) in [5.41, 5.74) is 0.707. The fourth-order valence-corrected chi connectivity index (χ4v) is 2.80. The van der Waals surface area contributed by atoms with Crippen molar-refractivity contribution in [2.75, 3.05) is 18.5 Å². The molecule has 0 radical (unpaired) electrons. The molecule has 0 unspecified atom stereocenters. The van der Waals surface area contributed by atoms with E-state index in [1.54, 1.807) is 0 Å². The van der Waals surface area contributed by atoms with Crippen molar-refractivity contribution < 1.29 is 14.3 Å². The lowest BCUT2D eigenvalue weighted by atomic mass is 10.1. The highest BCUT2D eigenvalue weighted by Gasteiger charge is 2.08. The maximum absolute atomic E-state index is 12.0. The van der Waals surface area contributed by atoms with Crippen molar-refractivity contribution in [1.82, 2.24) is 5.32 Å². The van der Waals surface area contributed by atoms with E-state index in [1.165, 1.54) is 0 Å². The van der Waals surface area contributed by atoms with Gasteiger partial charge in [0.05, 0.1) is 5.69 Å². The lowest BCUT2D eigenvalue weighted by molar-refractivity contribution is -0.119. The first-order valence-electron chi connectivity index (χ1n) is 9.69. The minimum atomic E-state index is -0.0664. The number of thiocarbonyl (C=S) groups is 1. The monoisotopic (exact) mass is 400 g/mol. The van der Waals surface area contributed by atoms with Crippen LogP contribution in [-0.2, 0) is 4.79 Å². The van der Waals surface area contributed by atoms with Gasteiger partial charge in [-0.05, 0) is 42.9 Å². The van der Waals surface area contributed by atoms with Crippen LogP contribution >= 0.6 is 12.2 Å². The first-order chi connectivity index (χ1) is 13.7. The van der Waals surface area contributed by atoms with Gasteiger partial charge in [-0.2, -0.15) is 0 Å². The molecule has 6 heteroatoms. The molecule has 0 fully saturated rings. The molecule has 0 aliphatic carbocycles. The molecule has 2 aromatic carbocycles. The summed E-state index contributed by atoms with van der Waals surface area (Å²) in [6.07, 6.45) is 4.72. The average Bonchev–Trinajstić information content (AvgIpc) is 2.70. The first kappa shape index (κ1) is 21.7. The number of carbonyl (C=O) groups excluding carboxylic acids is 1. The van der Waals surface area contributed by atoms with Crippen LogP contribution in [0.1, 0.15) is 39.0 Å². The van der Waals surface area contributed by atoms with Crippen LogP contribution in [0.25, 0.3) is 0 Å². The molecule has 0 bridgehead atoms. The fraction of sp³-hybridized carbons (Fsp3) is 0.364. The number of hydrogen-bond donors (Lipinski definition) is 2. The Morgan fingerprint density at radius 3 is 2.43 bits per heavy atom. The summed E-state index contributed by atoms with van der Waals surface area (Å²) in [4.78, 5) is 12.0. The number of nitrogens with one attached hydrogen (secondary N) is 2. The van der Waals surface area contributed by atoms with Crippen LogP contribution in [0.4, 0.5) is 5.69 Å². The third-order valence-corrected chi connectivity index (χ3v) is 4.20. The molecule has 2 N–H and O–H groups in total. The summed E-state index contributed by atoms with van der Waals surface area (Å²) in [5.74, 6) is 1.39. The molecule has 0 spiro atoms. The standard InChI is InChI=1S/C22H28N2O3S/c1-2-3-4-8-15-21(25)24-22(28)23-19-13-9-10-14-20(19)27-17-16-26-18-11-6-5-7-12-18/h5-7,9-14H,2-4,8,15-17H2,1H3,(H2,23,24,25,28). The van der Waals surface area contributed by atoms with Gasteiger partial charge in [-0.3, -0.25) is 4.79 Å². The highest BCUT2D eigenvalue weighted by atomic mass is 32.1. The summed E-state index contributed by atoms with van der Waals surface area (Å²) >= 11 is 5.25. The van der Waals surface area contributed by atoms with Crippen LogP contribution in [0.5, 0.6) is 11.5 Å². The fourth-order valence-electron chi connectivity index (χ4n) is 2.58. The van der Waals surface area contributed by atoms with Gasteiger partial charge in [0.25, 0.3) is 0 Å². The van der Waals surface area contributed by atoms with Gasteiger partial charge in [0.2, 0.25) is 5.91 Å². The minimum absolute atomic E-state index is 0.0664. The van der Waals surface area contributed by atoms with Crippen LogP contribution in [0.3, 0.4) is 0 Å². The van der Waals surface area contributed by atoms with Crippen LogP contribution in [0.15, 0.2) is 54.6 Å². The Morgan fingerprint density at radius 2 is 1.64 bits per heavy atom. The van der Waals surface area contributed by atoms with Crippen molar-refractivity contribution in [3.8, 4) is 11.5 Å². The van der Waals surface area contributed by atoms with Crippen molar-refractivity contribution in [3.63, 3.8) is 0 Å². The molecule has 0 aliphatic rings. The molecule has 28 heavy (non-hydrogen) atoms. The van der Waals surface area contributed by atoms with Crippen molar-refractivity contribution in [1.29, 1.82) is 0 Å². The van der Waals surface area contributed by atoms with E-state index in [4.69, 9.17) is 21.7 Å². The van der Waals surface area contributed by atoms with E-state index >= 15 is 0 Å². The Bertz CT molecular complexity index is 738. The number of carbonyl (C=O) groups is 1. The predicted molar refractivity (Wildman–Crippen MR) is 117 cm³/mol. The van der Waals surface area contributed by atoms with E-state index in [-0.39, 0.29) is 11.0 Å². The molecule has 0 aromatic heterocycles. The maximum atomic E-state index is 12.0. The largest absolute Gasteiger partial charge is 0.490 e. The summed E-state index contributed by atoms with van der Waals surface area (Å²) in [6, 6.07) is 17.1. The second-order valence-electron chi connectivity index (χ2n) is 6.32. The molecule has 0 atom stereocenters. The zero-order valence-corrected chi connectivity index (χ0v) is 17.1. The number of ether oxygens (including phenoxy) is 2. The van der Waals surface area contributed by atoms with Gasteiger partial charge in [-0.15, -0.1) is 0 Å². The number of unbranched alkanes of at least 4 members (excludes halogenated alkanes) is 3. The number of hydrogen-bond acceptors (Lipinski definition) is 4. The van der Waals surface area contributed by atoms with E-state index in [2.05, 4.69) is 17.6 Å². The van der Waals surface area contributed by atoms with E-state index in [1.807, 2.05) is 54.6 Å². The zero-order chi connectivity index (χ0) is 20.0. The van der Waals surface area contributed by atoms with Gasteiger partial charge in [0.1, 0.15) is 24.7 Å². The third-order valence-electron chi connectivity index (χ3n) is 4.00. The lowest BCUT2D eigenvalue weighted by Crippen LogP contribution is -2.34. The molecule has 0 saturated carbocycles. The number of anilines is 1.